The van der Waals surface area contributed by atoms with E-state index in [9.17, 15) is 0 Å². The van der Waals surface area contributed by atoms with Crippen molar-refractivity contribution in [3.8, 4) is 0 Å². The number of aliphatic hydroxyl groups excluding tert-OH is 1. The zero-order valence-corrected chi connectivity index (χ0v) is 14.1. The summed E-state index contributed by atoms with van der Waals surface area (Å²) in [5.41, 5.74) is 3.92. The van der Waals surface area contributed by atoms with Gasteiger partial charge in [-0.25, -0.2) is 0 Å². The van der Waals surface area contributed by atoms with Crippen molar-refractivity contribution < 1.29 is 9.84 Å². The van der Waals surface area contributed by atoms with Gasteiger partial charge in [0.2, 0.25) is 0 Å². The lowest BCUT2D eigenvalue weighted by Crippen LogP contribution is -2.66. The fourth-order valence-corrected chi connectivity index (χ4v) is 4.25. The van der Waals surface area contributed by atoms with Crippen LogP contribution in [0.5, 0.6) is 0 Å². The summed E-state index contributed by atoms with van der Waals surface area (Å²) in [5, 5.41) is 17.4. The van der Waals surface area contributed by atoms with Crippen molar-refractivity contribution in [1.29, 1.82) is 0 Å². The van der Waals surface area contributed by atoms with E-state index in [2.05, 4.69) is 31.2 Å². The van der Waals surface area contributed by atoms with Crippen molar-refractivity contribution in [2.24, 2.45) is 5.41 Å². The first-order valence-electron chi connectivity index (χ1n) is 8.61. The van der Waals surface area contributed by atoms with E-state index in [0.29, 0.717) is 24.1 Å². The van der Waals surface area contributed by atoms with Crippen LogP contribution in [0.15, 0.2) is 0 Å². The number of aryl methyl sites for hydroxylation is 1. The normalized spacial score (nSPS) is 26.0. The Morgan fingerprint density at radius 2 is 2.18 bits per heavy atom. The molecule has 0 bridgehead atoms. The van der Waals surface area contributed by atoms with Crippen molar-refractivity contribution in [2.75, 3.05) is 13.2 Å². The van der Waals surface area contributed by atoms with Crippen LogP contribution in [-0.4, -0.2) is 40.2 Å². The molecule has 1 spiro atoms. The molecule has 5 heteroatoms. The smallest absolute Gasteiger partial charge is 0.0661 e. The van der Waals surface area contributed by atoms with Gasteiger partial charge in [0.15, 0.2) is 0 Å². The Kier molecular flexibility index (Phi) is 4.57. The molecule has 0 aliphatic heterocycles. The first-order chi connectivity index (χ1) is 10.6. The first kappa shape index (κ1) is 16.0. The average Bonchev–Trinajstić information content (AvgIpc) is 2.67. The van der Waals surface area contributed by atoms with Crippen LogP contribution in [0.2, 0.25) is 0 Å². The van der Waals surface area contributed by atoms with Gasteiger partial charge in [0.1, 0.15) is 0 Å². The molecule has 3 rings (SSSR count). The number of aliphatic hydroxyl groups is 1. The number of aromatic nitrogens is 2. The zero-order valence-electron chi connectivity index (χ0n) is 14.1. The van der Waals surface area contributed by atoms with Gasteiger partial charge in [-0.15, -0.1) is 0 Å². The summed E-state index contributed by atoms with van der Waals surface area (Å²) < 4.78 is 7.83. The lowest BCUT2D eigenvalue weighted by atomic mass is 9.51. The van der Waals surface area contributed by atoms with Crippen molar-refractivity contribution >= 4 is 0 Å². The van der Waals surface area contributed by atoms with Gasteiger partial charge in [-0.1, -0.05) is 6.42 Å². The minimum Gasteiger partial charge on any atom is -0.394 e. The average molecular weight is 307 g/mol. The molecule has 2 unspecified atom stereocenters. The molecule has 0 amide bonds. The monoisotopic (exact) mass is 307 g/mol. The summed E-state index contributed by atoms with van der Waals surface area (Å²) in [5.74, 6) is 0. The van der Waals surface area contributed by atoms with Crippen LogP contribution in [0.4, 0.5) is 0 Å². The highest BCUT2D eigenvalue weighted by Crippen LogP contribution is 2.57. The molecule has 2 atom stereocenters. The predicted octanol–water partition coefficient (Wildman–Crippen LogP) is 1.93. The standard InChI is InChI=1S/C17H29N3O2/c1-4-22-16-10-15(17(16)6-5-7-17)18-11-14-12(2)19-20(8-9-21)13(14)3/h15-16,18,21H,4-11H2,1-3H3. The minimum atomic E-state index is 0.136. The molecule has 0 aromatic carbocycles. The molecule has 2 fully saturated rings. The molecule has 2 N–H and O–H groups in total. The molecule has 2 aliphatic carbocycles. The minimum absolute atomic E-state index is 0.136. The lowest BCUT2D eigenvalue weighted by Gasteiger charge is -2.61. The van der Waals surface area contributed by atoms with Crippen molar-refractivity contribution in [3.63, 3.8) is 0 Å². The van der Waals surface area contributed by atoms with Gasteiger partial charge < -0.3 is 15.2 Å². The maximum absolute atomic E-state index is 9.11. The van der Waals surface area contributed by atoms with E-state index >= 15 is 0 Å². The first-order valence-corrected chi connectivity index (χ1v) is 8.61. The topological polar surface area (TPSA) is 59.3 Å². The van der Waals surface area contributed by atoms with Gasteiger partial charge in [0, 0.05) is 35.9 Å². The highest BCUT2D eigenvalue weighted by molar-refractivity contribution is 5.25. The summed E-state index contributed by atoms with van der Waals surface area (Å²) in [4.78, 5) is 0. The van der Waals surface area contributed by atoms with E-state index in [1.165, 1.54) is 30.5 Å². The van der Waals surface area contributed by atoms with E-state index in [1.807, 2.05) is 4.68 Å². The molecule has 2 aliphatic rings. The lowest BCUT2D eigenvalue weighted by molar-refractivity contribution is -0.173. The molecule has 0 saturated heterocycles. The summed E-state index contributed by atoms with van der Waals surface area (Å²) in [6.07, 6.45) is 5.54. The molecule has 2 saturated carbocycles. The molecular formula is C17H29N3O2. The molecule has 1 aromatic rings. The third-order valence-corrected chi connectivity index (χ3v) is 5.81. The van der Waals surface area contributed by atoms with E-state index in [4.69, 9.17) is 9.84 Å². The predicted molar refractivity (Wildman–Crippen MR) is 85.7 cm³/mol. The fraction of sp³-hybridized carbons (Fsp3) is 0.824. The molecule has 22 heavy (non-hydrogen) atoms. The van der Waals surface area contributed by atoms with Crippen LogP contribution < -0.4 is 5.32 Å². The number of nitrogens with one attached hydrogen (secondary N) is 1. The Bertz CT molecular complexity index is 522. The van der Waals surface area contributed by atoms with Crippen LogP contribution in [0.3, 0.4) is 0 Å². The number of ether oxygens (including phenoxy) is 1. The van der Waals surface area contributed by atoms with Gasteiger partial charge in [-0.05, 0) is 40.0 Å². The van der Waals surface area contributed by atoms with Gasteiger partial charge in [0.05, 0.1) is 24.9 Å². The third-order valence-electron chi connectivity index (χ3n) is 5.81. The second kappa shape index (κ2) is 6.30. The van der Waals surface area contributed by atoms with Crippen LogP contribution in [0.1, 0.15) is 49.6 Å². The third kappa shape index (κ3) is 2.49. The molecule has 1 aromatic heterocycles. The summed E-state index contributed by atoms with van der Waals surface area (Å²) in [6.45, 7) is 8.65. The Morgan fingerprint density at radius 1 is 1.41 bits per heavy atom. The van der Waals surface area contributed by atoms with E-state index in [1.54, 1.807) is 0 Å². The summed E-state index contributed by atoms with van der Waals surface area (Å²) in [6, 6.07) is 0.581. The van der Waals surface area contributed by atoms with Crippen LogP contribution in [0, 0.1) is 19.3 Å². The highest BCUT2D eigenvalue weighted by atomic mass is 16.5. The second-order valence-corrected chi connectivity index (χ2v) is 6.80. The summed E-state index contributed by atoms with van der Waals surface area (Å²) >= 11 is 0. The Hall–Kier alpha value is -0.910. The fourth-order valence-electron chi connectivity index (χ4n) is 4.25. The Labute approximate surface area is 133 Å². The van der Waals surface area contributed by atoms with Gasteiger partial charge >= 0.3 is 0 Å². The maximum Gasteiger partial charge on any atom is 0.0661 e. The van der Waals surface area contributed by atoms with Crippen molar-refractivity contribution in [2.45, 2.75) is 71.7 Å². The highest BCUT2D eigenvalue weighted by Gasteiger charge is 2.58. The van der Waals surface area contributed by atoms with Crippen LogP contribution in [-0.2, 0) is 17.8 Å². The molecular weight excluding hydrogens is 278 g/mol. The number of hydrogen-bond donors (Lipinski definition) is 2. The zero-order chi connectivity index (χ0) is 15.7. The van der Waals surface area contributed by atoms with Gasteiger partial charge in [-0.3, -0.25) is 4.68 Å². The van der Waals surface area contributed by atoms with E-state index < -0.39 is 0 Å². The number of rotatable bonds is 7. The number of nitrogens with zero attached hydrogens (tertiary/aromatic N) is 2. The quantitative estimate of drug-likeness (QED) is 0.808. The van der Waals surface area contributed by atoms with Crippen LogP contribution >= 0.6 is 0 Å². The number of hydrogen-bond acceptors (Lipinski definition) is 4. The summed E-state index contributed by atoms with van der Waals surface area (Å²) in [7, 11) is 0. The maximum atomic E-state index is 9.11. The van der Waals surface area contributed by atoms with Crippen LogP contribution in [0.25, 0.3) is 0 Å². The molecule has 124 valence electrons. The van der Waals surface area contributed by atoms with Crippen molar-refractivity contribution in [1.82, 2.24) is 15.1 Å². The SMILES string of the molecule is CCOC1CC(NCc2c(C)nn(CCO)c2C)C12CCC2. The molecule has 5 nitrogen and oxygen atoms in total. The van der Waals surface area contributed by atoms with E-state index in [-0.39, 0.29) is 6.61 Å². The van der Waals surface area contributed by atoms with Crippen molar-refractivity contribution in [3.05, 3.63) is 17.0 Å². The second-order valence-electron chi connectivity index (χ2n) is 6.80. The van der Waals surface area contributed by atoms with E-state index in [0.717, 1.165) is 25.3 Å². The Morgan fingerprint density at radius 3 is 2.77 bits per heavy atom. The van der Waals surface area contributed by atoms with Gasteiger partial charge in [0.25, 0.3) is 0 Å². The van der Waals surface area contributed by atoms with Gasteiger partial charge in [-0.2, -0.15) is 5.10 Å². The largest absolute Gasteiger partial charge is 0.394 e. The Balaban J connectivity index is 1.62. The molecule has 0 radical (unpaired) electrons. The molecule has 1 heterocycles.